The summed E-state index contributed by atoms with van der Waals surface area (Å²) >= 11 is 0. The van der Waals surface area contributed by atoms with Crippen LogP contribution in [0.4, 0.5) is 9.59 Å². The van der Waals surface area contributed by atoms with Crippen LogP contribution in [0.2, 0.25) is 18.1 Å². The fourth-order valence-electron chi connectivity index (χ4n) is 4.63. The fourth-order valence-corrected chi connectivity index (χ4v) is 6.64. The molecule has 2 aromatic carbocycles. The highest BCUT2D eigenvalue weighted by Crippen LogP contribution is 2.54. The van der Waals surface area contributed by atoms with E-state index in [1.54, 1.807) is 65.6 Å². The molecule has 10 nitrogen and oxygen atoms in total. The first-order chi connectivity index (χ1) is 18.5. The van der Waals surface area contributed by atoms with E-state index < -0.39 is 37.6 Å². The zero-order chi connectivity index (χ0) is 28.6. The van der Waals surface area contributed by atoms with Crippen LogP contribution in [-0.4, -0.2) is 62.2 Å². The summed E-state index contributed by atoms with van der Waals surface area (Å²) in [5, 5.41) is 4.15. The molecule has 0 spiro atoms. The van der Waals surface area contributed by atoms with Gasteiger partial charge in [0.1, 0.15) is 17.8 Å². The molecule has 3 amide bonds. The maximum Gasteiger partial charge on any atom is 0.419 e. The van der Waals surface area contributed by atoms with Gasteiger partial charge in [-0.25, -0.2) is 9.59 Å². The maximum absolute atomic E-state index is 13.3. The Labute approximate surface area is 230 Å². The van der Waals surface area contributed by atoms with Crippen molar-refractivity contribution in [3.8, 4) is 11.5 Å². The second kappa shape index (κ2) is 12.7. The van der Waals surface area contributed by atoms with Gasteiger partial charge >= 0.3 is 12.2 Å². The Morgan fingerprint density at radius 1 is 0.974 bits per heavy atom. The minimum atomic E-state index is -1.19. The number of benzene rings is 2. The number of guanidine groups is 1. The second-order valence-electron chi connectivity index (χ2n) is 10.4. The minimum Gasteiger partial charge on any atom is -0.410 e. The van der Waals surface area contributed by atoms with Crippen LogP contribution in [0.3, 0.4) is 0 Å². The smallest absolute Gasteiger partial charge is 0.410 e. The molecule has 0 unspecified atom stereocenters. The Kier molecular flexibility index (Phi) is 9.63. The molecule has 1 aliphatic heterocycles. The molecule has 0 bridgehead atoms. The van der Waals surface area contributed by atoms with Crippen molar-refractivity contribution in [1.29, 1.82) is 0 Å². The van der Waals surface area contributed by atoms with E-state index in [-0.39, 0.29) is 18.4 Å². The van der Waals surface area contributed by atoms with Gasteiger partial charge in [-0.15, -0.1) is 0 Å². The number of aliphatic imine (C=N–C) groups is 1. The topological polar surface area (TPSA) is 126 Å². The first-order valence-electron chi connectivity index (χ1n) is 12.7. The third kappa shape index (κ3) is 7.11. The molecule has 1 radical (unpaired) electrons. The van der Waals surface area contributed by atoms with Gasteiger partial charge in [-0.05, 0) is 57.9 Å². The molecular formula is C28H35N4O6Si. The summed E-state index contributed by atoms with van der Waals surface area (Å²) in [5.74, 6) is 0.461. The number of β-lactam (4-membered cyclic amide) rings is 1. The summed E-state index contributed by atoms with van der Waals surface area (Å²) < 4.78 is 10.5. The van der Waals surface area contributed by atoms with Crippen LogP contribution < -0.4 is 20.1 Å². The Morgan fingerprint density at radius 2 is 1.46 bits per heavy atom. The van der Waals surface area contributed by atoms with E-state index in [1.807, 2.05) is 33.9 Å². The van der Waals surface area contributed by atoms with Crippen LogP contribution >= 0.6 is 0 Å². The highest BCUT2D eigenvalue weighted by atomic mass is 28.3. The van der Waals surface area contributed by atoms with Crippen LogP contribution in [0.5, 0.6) is 11.5 Å². The van der Waals surface area contributed by atoms with E-state index in [9.17, 15) is 19.2 Å². The first-order valence-corrected chi connectivity index (χ1v) is 15.2. The molecule has 2 N–H and O–H groups in total. The molecule has 1 fully saturated rings. The van der Waals surface area contributed by atoms with Gasteiger partial charge in [-0.2, -0.15) is 0 Å². The highest BCUT2D eigenvalue weighted by Gasteiger charge is 2.64. The SMILES string of the molecule is C[Si](C)[C@@]1(CCCN=C(NC(=O)Oc2ccccc2)NC(=O)Oc2ccccc2)C(=O)N(C(C)(C)C)[C@@H]1C=O. The Bertz CT molecular complexity index is 1140. The summed E-state index contributed by atoms with van der Waals surface area (Å²) in [6.45, 7) is 10.0. The lowest BCUT2D eigenvalue weighted by molar-refractivity contribution is -0.166. The lowest BCUT2D eigenvalue weighted by atomic mass is 9.79. The Balaban J connectivity index is 1.70. The molecule has 3 rings (SSSR count). The number of amides is 3. The number of nitrogens with zero attached hydrogens (tertiary/aromatic N) is 2. The number of likely N-dealkylation sites (tertiary alicyclic amines) is 1. The van der Waals surface area contributed by atoms with Crippen molar-refractivity contribution in [3.63, 3.8) is 0 Å². The summed E-state index contributed by atoms with van der Waals surface area (Å²) in [5.41, 5.74) is -0.457. The van der Waals surface area contributed by atoms with Gasteiger partial charge in [0, 0.05) is 12.1 Å². The predicted molar refractivity (Wildman–Crippen MR) is 149 cm³/mol. The lowest BCUT2D eigenvalue weighted by Crippen LogP contribution is -2.73. The number of hydrogen-bond acceptors (Lipinski definition) is 7. The van der Waals surface area contributed by atoms with Crippen molar-refractivity contribution < 1.29 is 28.7 Å². The van der Waals surface area contributed by atoms with Gasteiger partial charge < -0.3 is 19.2 Å². The predicted octanol–water partition coefficient (Wildman–Crippen LogP) is 4.40. The molecule has 1 saturated heterocycles. The number of aldehydes is 1. The third-order valence-corrected chi connectivity index (χ3v) is 9.02. The van der Waals surface area contributed by atoms with Crippen molar-refractivity contribution in [2.45, 2.75) is 63.3 Å². The largest absolute Gasteiger partial charge is 0.419 e. The first kappa shape index (κ1) is 29.6. The van der Waals surface area contributed by atoms with E-state index in [0.717, 1.165) is 6.29 Å². The molecule has 2 aromatic rings. The van der Waals surface area contributed by atoms with Crippen LogP contribution in [0, 0.1) is 0 Å². The summed E-state index contributed by atoms with van der Waals surface area (Å²) in [7, 11) is -1.19. The van der Waals surface area contributed by atoms with Crippen LogP contribution in [0.15, 0.2) is 65.7 Å². The standard InChI is InChI=1S/C28H35N4O6Si/c1-27(2,3)32-22(19-33)28(23(32)34,39(4)5)17-12-18-29-24(30-25(35)37-20-13-8-6-9-14-20)31-26(36)38-21-15-10-7-11-16-21/h6-11,13-16,19,22H,12,17-18H2,1-5H3,(H2,29,30,31,35,36)/t22-,28-/m1/s1. The zero-order valence-electron chi connectivity index (χ0n) is 22.9. The zero-order valence-corrected chi connectivity index (χ0v) is 23.9. The van der Waals surface area contributed by atoms with Gasteiger partial charge in [0.05, 0.1) is 19.9 Å². The second-order valence-corrected chi connectivity index (χ2v) is 13.3. The van der Waals surface area contributed by atoms with E-state index in [0.29, 0.717) is 24.3 Å². The number of ether oxygens (including phenoxy) is 2. The molecule has 11 heteroatoms. The molecule has 1 heterocycles. The van der Waals surface area contributed by atoms with Crippen molar-refractivity contribution in [2.75, 3.05) is 6.54 Å². The average molecular weight is 552 g/mol. The van der Waals surface area contributed by atoms with Crippen LogP contribution in [-0.2, 0) is 9.59 Å². The van der Waals surface area contributed by atoms with Crippen molar-refractivity contribution in [3.05, 3.63) is 60.7 Å². The van der Waals surface area contributed by atoms with Gasteiger partial charge in [0.25, 0.3) is 0 Å². The van der Waals surface area contributed by atoms with E-state index in [2.05, 4.69) is 15.6 Å². The number of hydrogen-bond donors (Lipinski definition) is 2. The van der Waals surface area contributed by atoms with Crippen molar-refractivity contribution >= 4 is 39.1 Å². The van der Waals surface area contributed by atoms with Crippen LogP contribution in [0.1, 0.15) is 33.6 Å². The average Bonchev–Trinajstić information content (AvgIpc) is 2.86. The number of para-hydroxylation sites is 2. The van der Waals surface area contributed by atoms with E-state index >= 15 is 0 Å². The minimum absolute atomic E-state index is 0.00989. The Morgan fingerprint density at radius 3 is 1.87 bits per heavy atom. The quantitative estimate of drug-likeness (QED) is 0.125. The normalized spacial score (nSPS) is 18.6. The molecular weight excluding hydrogens is 516 g/mol. The van der Waals surface area contributed by atoms with Crippen molar-refractivity contribution in [1.82, 2.24) is 15.5 Å². The van der Waals surface area contributed by atoms with E-state index in [4.69, 9.17) is 9.47 Å². The Hall–Kier alpha value is -3.99. The van der Waals surface area contributed by atoms with Crippen LogP contribution in [0.25, 0.3) is 0 Å². The van der Waals surface area contributed by atoms with Gasteiger partial charge in [0.15, 0.2) is 0 Å². The highest BCUT2D eigenvalue weighted by molar-refractivity contribution is 6.66. The molecule has 2 atom stereocenters. The van der Waals surface area contributed by atoms with E-state index in [1.165, 1.54) is 0 Å². The summed E-state index contributed by atoms with van der Waals surface area (Å²) in [4.78, 5) is 56.3. The number of carbonyl (C=O) groups is 4. The van der Waals surface area contributed by atoms with Gasteiger partial charge in [-0.3, -0.25) is 20.4 Å². The lowest BCUT2D eigenvalue weighted by Gasteiger charge is -2.60. The monoisotopic (exact) mass is 551 g/mol. The number of rotatable bonds is 8. The summed E-state index contributed by atoms with van der Waals surface area (Å²) in [6, 6.07) is 16.4. The molecule has 0 saturated carbocycles. The van der Waals surface area contributed by atoms with Gasteiger partial charge in [0.2, 0.25) is 11.9 Å². The molecule has 0 aromatic heterocycles. The van der Waals surface area contributed by atoms with Gasteiger partial charge in [-0.1, -0.05) is 49.5 Å². The molecule has 1 aliphatic rings. The molecule has 0 aliphatic carbocycles. The third-order valence-electron chi connectivity index (χ3n) is 6.47. The number of nitrogens with one attached hydrogen (secondary N) is 2. The molecule has 207 valence electrons. The maximum atomic E-state index is 13.3. The molecule has 39 heavy (non-hydrogen) atoms. The fraction of sp³-hybridized carbons (Fsp3) is 0.393. The summed E-state index contributed by atoms with van der Waals surface area (Å²) in [6.07, 6.45) is 0.0997. The van der Waals surface area contributed by atoms with Crippen molar-refractivity contribution in [2.24, 2.45) is 4.99 Å². The number of carbonyl (C=O) groups excluding carboxylic acids is 4.